The molecule has 5 rings (SSSR count). The van der Waals surface area contributed by atoms with Crippen LogP contribution in [0, 0.1) is 0 Å². The topological polar surface area (TPSA) is 55.8 Å². The standard InChI is InChI=1S/C24H23NO4S2/c26-31(27,23-7-4-16-30-23)25-14-13-24(18-25)12-10-20-8-9-21(17-22(20)29-24)28-15-11-19-5-2-1-3-6-19/h1-10,12,16-17H,11,13-15,18H2/t24-/m0/s1. The van der Waals surface area contributed by atoms with Crippen molar-refractivity contribution in [2.24, 2.45) is 0 Å². The molecule has 0 bridgehead atoms. The average Bonchev–Trinajstić information content (AvgIpc) is 3.46. The quantitative estimate of drug-likeness (QED) is 0.547. The van der Waals surface area contributed by atoms with Gasteiger partial charge in [0.1, 0.15) is 21.3 Å². The Hall–Kier alpha value is -2.61. The number of thiophene rings is 1. The van der Waals surface area contributed by atoms with Crippen LogP contribution in [-0.2, 0) is 16.4 Å². The van der Waals surface area contributed by atoms with E-state index in [1.54, 1.807) is 17.5 Å². The van der Waals surface area contributed by atoms with E-state index < -0.39 is 15.6 Å². The predicted octanol–water partition coefficient (Wildman–Crippen LogP) is 4.61. The van der Waals surface area contributed by atoms with E-state index in [9.17, 15) is 8.42 Å². The van der Waals surface area contributed by atoms with Crippen molar-refractivity contribution in [3.05, 3.63) is 83.2 Å². The summed E-state index contributed by atoms with van der Waals surface area (Å²) in [7, 11) is -3.48. The number of rotatable bonds is 6. The van der Waals surface area contributed by atoms with Gasteiger partial charge in [-0.2, -0.15) is 4.31 Å². The van der Waals surface area contributed by atoms with E-state index in [0.29, 0.717) is 30.3 Å². The van der Waals surface area contributed by atoms with Crippen LogP contribution in [0.25, 0.3) is 6.08 Å². The summed E-state index contributed by atoms with van der Waals surface area (Å²) in [4.78, 5) is 0. The van der Waals surface area contributed by atoms with Crippen molar-refractivity contribution in [3.63, 3.8) is 0 Å². The molecule has 3 aromatic rings. The van der Waals surface area contributed by atoms with Crippen LogP contribution >= 0.6 is 11.3 Å². The highest BCUT2D eigenvalue weighted by Gasteiger charge is 2.45. The molecule has 2 aromatic carbocycles. The molecule has 31 heavy (non-hydrogen) atoms. The van der Waals surface area contributed by atoms with Gasteiger partial charge in [-0.3, -0.25) is 0 Å². The molecule has 1 saturated heterocycles. The first kappa shape index (κ1) is 20.3. The summed E-state index contributed by atoms with van der Waals surface area (Å²) in [6, 6.07) is 19.5. The molecule has 0 N–H and O–H groups in total. The molecular weight excluding hydrogens is 430 g/mol. The summed E-state index contributed by atoms with van der Waals surface area (Å²) in [6.07, 6.45) is 5.47. The SMILES string of the molecule is O=S(=O)(c1cccs1)N1CC[C@@]2(C=Cc3ccc(OCCc4ccccc4)cc3O2)C1. The van der Waals surface area contributed by atoms with Crippen LogP contribution in [0.1, 0.15) is 17.5 Å². The Morgan fingerprint density at radius 1 is 1.10 bits per heavy atom. The second-order valence-electron chi connectivity index (χ2n) is 7.80. The number of fused-ring (bicyclic) bond motifs is 1. The minimum atomic E-state index is -3.48. The molecule has 0 radical (unpaired) electrons. The van der Waals surface area contributed by atoms with E-state index in [0.717, 1.165) is 23.5 Å². The zero-order valence-electron chi connectivity index (χ0n) is 16.9. The maximum absolute atomic E-state index is 12.9. The van der Waals surface area contributed by atoms with Gasteiger partial charge in [-0.15, -0.1) is 11.3 Å². The number of benzene rings is 2. The molecule has 0 unspecified atom stereocenters. The molecular formula is C24H23NO4S2. The third-order valence-electron chi connectivity index (χ3n) is 5.68. The molecule has 0 amide bonds. The molecule has 5 nitrogen and oxygen atoms in total. The van der Waals surface area contributed by atoms with Gasteiger partial charge in [-0.1, -0.05) is 42.5 Å². The van der Waals surface area contributed by atoms with Gasteiger partial charge >= 0.3 is 0 Å². The molecule has 3 heterocycles. The molecule has 0 saturated carbocycles. The molecule has 1 aromatic heterocycles. The number of ether oxygens (including phenoxy) is 2. The maximum Gasteiger partial charge on any atom is 0.252 e. The van der Waals surface area contributed by atoms with Crippen molar-refractivity contribution >= 4 is 27.4 Å². The van der Waals surface area contributed by atoms with Gasteiger partial charge in [-0.05, 0) is 35.2 Å². The highest BCUT2D eigenvalue weighted by Crippen LogP contribution is 2.40. The Bertz CT molecular complexity index is 1190. The lowest BCUT2D eigenvalue weighted by Gasteiger charge is -2.31. The Balaban J connectivity index is 1.27. The van der Waals surface area contributed by atoms with Crippen LogP contribution in [-0.4, -0.2) is 38.0 Å². The van der Waals surface area contributed by atoms with Crippen LogP contribution in [0.2, 0.25) is 0 Å². The second kappa shape index (κ2) is 8.15. The molecule has 1 fully saturated rings. The largest absolute Gasteiger partial charge is 0.493 e. The molecule has 160 valence electrons. The van der Waals surface area contributed by atoms with E-state index in [1.165, 1.54) is 21.2 Å². The van der Waals surface area contributed by atoms with E-state index >= 15 is 0 Å². The van der Waals surface area contributed by atoms with Crippen molar-refractivity contribution in [2.45, 2.75) is 22.7 Å². The Kier molecular flexibility index (Phi) is 5.33. The summed E-state index contributed by atoms with van der Waals surface area (Å²) in [5, 5.41) is 1.78. The van der Waals surface area contributed by atoms with Crippen molar-refractivity contribution < 1.29 is 17.9 Å². The minimum absolute atomic E-state index is 0.308. The van der Waals surface area contributed by atoms with Crippen LogP contribution < -0.4 is 9.47 Å². The van der Waals surface area contributed by atoms with Gasteiger partial charge in [0.05, 0.1) is 13.2 Å². The van der Waals surface area contributed by atoms with Gasteiger partial charge in [0, 0.05) is 31.0 Å². The number of nitrogens with zero attached hydrogens (tertiary/aromatic N) is 1. The third-order valence-corrected chi connectivity index (χ3v) is 8.90. The van der Waals surface area contributed by atoms with Crippen molar-refractivity contribution in [1.29, 1.82) is 0 Å². The third kappa shape index (κ3) is 4.13. The first-order valence-corrected chi connectivity index (χ1v) is 12.6. The molecule has 7 heteroatoms. The van der Waals surface area contributed by atoms with Gasteiger partial charge in [-0.25, -0.2) is 8.42 Å². The van der Waals surface area contributed by atoms with Crippen molar-refractivity contribution in [2.75, 3.05) is 19.7 Å². The van der Waals surface area contributed by atoms with E-state index in [4.69, 9.17) is 9.47 Å². The average molecular weight is 454 g/mol. The summed E-state index contributed by atoms with van der Waals surface area (Å²) >= 11 is 1.24. The number of hydrogen-bond acceptors (Lipinski definition) is 5. The summed E-state index contributed by atoms with van der Waals surface area (Å²) in [5.74, 6) is 1.48. The molecule has 0 aliphatic carbocycles. The lowest BCUT2D eigenvalue weighted by atomic mass is 9.97. The fourth-order valence-electron chi connectivity index (χ4n) is 3.99. The molecule has 1 atom stereocenters. The summed E-state index contributed by atoms with van der Waals surface area (Å²) < 4.78 is 40.0. The van der Waals surface area contributed by atoms with Gasteiger partial charge in [0.2, 0.25) is 0 Å². The lowest BCUT2D eigenvalue weighted by molar-refractivity contribution is 0.132. The zero-order chi connectivity index (χ0) is 21.3. The fraction of sp³-hybridized carbons (Fsp3) is 0.250. The Morgan fingerprint density at radius 2 is 1.97 bits per heavy atom. The monoisotopic (exact) mass is 453 g/mol. The van der Waals surface area contributed by atoms with E-state index in [1.807, 2.05) is 48.6 Å². The van der Waals surface area contributed by atoms with Crippen LogP contribution in [0.5, 0.6) is 11.5 Å². The smallest absolute Gasteiger partial charge is 0.252 e. The second-order valence-corrected chi connectivity index (χ2v) is 10.9. The minimum Gasteiger partial charge on any atom is -0.493 e. The lowest BCUT2D eigenvalue weighted by Crippen LogP contribution is -2.40. The fourth-order valence-corrected chi connectivity index (χ4v) is 6.63. The Labute approximate surface area is 186 Å². The summed E-state index contributed by atoms with van der Waals surface area (Å²) in [6.45, 7) is 1.33. The maximum atomic E-state index is 12.9. The van der Waals surface area contributed by atoms with E-state index in [-0.39, 0.29) is 0 Å². The first-order chi connectivity index (χ1) is 15.0. The van der Waals surface area contributed by atoms with Gasteiger partial charge < -0.3 is 9.47 Å². The predicted molar refractivity (Wildman–Crippen MR) is 122 cm³/mol. The zero-order valence-corrected chi connectivity index (χ0v) is 18.6. The Morgan fingerprint density at radius 3 is 2.77 bits per heavy atom. The highest BCUT2D eigenvalue weighted by molar-refractivity contribution is 7.91. The first-order valence-electron chi connectivity index (χ1n) is 10.3. The van der Waals surface area contributed by atoms with Crippen LogP contribution in [0.4, 0.5) is 0 Å². The molecule has 2 aliphatic heterocycles. The van der Waals surface area contributed by atoms with Gasteiger partial charge in [0.25, 0.3) is 10.0 Å². The normalized spacial score (nSPS) is 20.5. The number of sulfonamides is 1. The summed E-state index contributed by atoms with van der Waals surface area (Å²) in [5.41, 5.74) is 1.57. The van der Waals surface area contributed by atoms with Crippen molar-refractivity contribution in [1.82, 2.24) is 4.31 Å². The molecule has 2 aliphatic rings. The highest BCUT2D eigenvalue weighted by atomic mass is 32.2. The number of hydrogen-bond donors (Lipinski definition) is 0. The van der Waals surface area contributed by atoms with Crippen LogP contribution in [0.3, 0.4) is 0 Å². The van der Waals surface area contributed by atoms with Crippen LogP contribution in [0.15, 0.2) is 76.3 Å². The van der Waals surface area contributed by atoms with E-state index in [2.05, 4.69) is 12.1 Å². The van der Waals surface area contributed by atoms with Gasteiger partial charge in [0.15, 0.2) is 0 Å². The van der Waals surface area contributed by atoms with Crippen molar-refractivity contribution in [3.8, 4) is 11.5 Å². The molecule has 1 spiro atoms.